The second kappa shape index (κ2) is 7.57. The summed E-state index contributed by atoms with van der Waals surface area (Å²) in [5.74, 6) is -0.317. The van der Waals surface area contributed by atoms with E-state index in [1.165, 1.54) is 7.11 Å². The number of anilines is 2. The van der Waals surface area contributed by atoms with Gasteiger partial charge in [0.1, 0.15) is 11.2 Å². The van der Waals surface area contributed by atoms with Crippen molar-refractivity contribution < 1.29 is 14.3 Å². The molecule has 2 amide bonds. The highest BCUT2D eigenvalue weighted by atomic mass is 35.5. The number of rotatable bonds is 5. The average Bonchev–Trinajstić information content (AvgIpc) is 2.57. The molecule has 0 radical (unpaired) electrons. The molecule has 0 saturated carbocycles. The Morgan fingerprint density at radius 2 is 1.48 bits per heavy atom. The molecule has 0 aliphatic heterocycles. The third-order valence-corrected chi connectivity index (χ3v) is 4.15. The number of carbonyl (C=O) groups is 2. The van der Waals surface area contributed by atoms with E-state index in [9.17, 15) is 9.59 Å². The zero-order valence-electron chi connectivity index (χ0n) is 14.6. The van der Waals surface area contributed by atoms with Crippen molar-refractivity contribution in [1.29, 1.82) is 0 Å². The molecule has 25 heavy (non-hydrogen) atoms. The molecule has 2 aromatic carbocycles. The molecule has 2 rings (SSSR count). The Morgan fingerprint density at radius 1 is 0.960 bits per heavy atom. The van der Waals surface area contributed by atoms with Gasteiger partial charge in [0, 0.05) is 11.4 Å². The van der Waals surface area contributed by atoms with Gasteiger partial charge >= 0.3 is 0 Å². The van der Waals surface area contributed by atoms with Gasteiger partial charge in [0.05, 0.1) is 12.1 Å². The van der Waals surface area contributed by atoms with Crippen molar-refractivity contribution in [3.05, 3.63) is 53.1 Å². The third kappa shape index (κ3) is 4.51. The lowest BCUT2D eigenvalue weighted by atomic mass is 9.90. The van der Waals surface area contributed by atoms with Crippen molar-refractivity contribution in [1.82, 2.24) is 0 Å². The van der Waals surface area contributed by atoms with Gasteiger partial charge in [-0.15, -0.1) is 0 Å². The summed E-state index contributed by atoms with van der Waals surface area (Å²) >= 11 is 6.05. The minimum Gasteiger partial charge on any atom is -0.495 e. The fourth-order valence-corrected chi connectivity index (χ4v) is 2.32. The van der Waals surface area contributed by atoms with E-state index in [1.807, 2.05) is 19.1 Å². The second-order valence-corrected chi connectivity index (χ2v) is 6.66. The maximum Gasteiger partial charge on any atom is 0.239 e. The molecular weight excluding hydrogens is 340 g/mol. The van der Waals surface area contributed by atoms with Crippen molar-refractivity contribution in [3.8, 4) is 5.75 Å². The predicted octanol–water partition coefficient (Wildman–Crippen LogP) is 4.26. The van der Waals surface area contributed by atoms with Gasteiger partial charge in [-0.2, -0.15) is 0 Å². The summed E-state index contributed by atoms with van der Waals surface area (Å²) in [5, 5.41) is 5.85. The fraction of sp³-hybridized carbons (Fsp3) is 0.263. The van der Waals surface area contributed by atoms with Crippen LogP contribution in [0.1, 0.15) is 19.4 Å². The molecule has 6 heteroatoms. The fourth-order valence-electron chi connectivity index (χ4n) is 2.06. The third-order valence-electron chi connectivity index (χ3n) is 3.85. The van der Waals surface area contributed by atoms with E-state index >= 15 is 0 Å². The lowest BCUT2D eigenvalue weighted by molar-refractivity contribution is -0.135. The Balaban J connectivity index is 2.09. The minimum atomic E-state index is -1.27. The number of hydrogen-bond acceptors (Lipinski definition) is 3. The van der Waals surface area contributed by atoms with Gasteiger partial charge in [0.25, 0.3) is 0 Å². The van der Waals surface area contributed by atoms with Gasteiger partial charge in [0.2, 0.25) is 11.8 Å². The summed E-state index contributed by atoms with van der Waals surface area (Å²) in [4.78, 5) is 25.0. The van der Waals surface area contributed by atoms with Gasteiger partial charge in [-0.25, -0.2) is 0 Å². The van der Waals surface area contributed by atoms with Gasteiger partial charge in [-0.05, 0) is 51.1 Å². The normalized spacial score (nSPS) is 10.9. The molecule has 0 saturated heterocycles. The lowest BCUT2D eigenvalue weighted by Crippen LogP contribution is -2.41. The average molecular weight is 361 g/mol. The number of ether oxygens (including phenoxy) is 1. The zero-order valence-corrected chi connectivity index (χ0v) is 15.4. The molecule has 0 spiro atoms. The van der Waals surface area contributed by atoms with Gasteiger partial charge < -0.3 is 15.4 Å². The Hall–Kier alpha value is -2.53. The summed E-state index contributed by atoms with van der Waals surface area (Å²) in [6.07, 6.45) is 0. The highest BCUT2D eigenvalue weighted by molar-refractivity contribution is 6.32. The Labute approximate surface area is 152 Å². The number of aryl methyl sites for hydroxylation is 1. The minimum absolute atomic E-state index is 0.377. The molecule has 0 fully saturated rings. The number of benzene rings is 2. The summed E-state index contributed by atoms with van der Waals surface area (Å²) in [7, 11) is 1.51. The molecule has 0 heterocycles. The largest absolute Gasteiger partial charge is 0.495 e. The summed E-state index contributed by atoms with van der Waals surface area (Å²) in [5.41, 5.74) is 0.958. The van der Waals surface area contributed by atoms with Crippen LogP contribution in [0.25, 0.3) is 0 Å². The van der Waals surface area contributed by atoms with Crippen molar-refractivity contribution in [2.75, 3.05) is 17.7 Å². The van der Waals surface area contributed by atoms with E-state index in [-0.39, 0.29) is 0 Å². The molecule has 2 aromatic rings. The van der Waals surface area contributed by atoms with E-state index in [0.717, 1.165) is 5.56 Å². The smallest absolute Gasteiger partial charge is 0.239 e. The first-order valence-corrected chi connectivity index (χ1v) is 8.15. The van der Waals surface area contributed by atoms with Crippen LogP contribution in [-0.4, -0.2) is 18.9 Å². The molecule has 0 aliphatic rings. The number of carbonyl (C=O) groups excluding carboxylic acids is 2. The first kappa shape index (κ1) is 18.8. The van der Waals surface area contributed by atoms with Crippen molar-refractivity contribution in [3.63, 3.8) is 0 Å². The van der Waals surface area contributed by atoms with E-state index in [2.05, 4.69) is 10.6 Å². The summed E-state index contributed by atoms with van der Waals surface area (Å²) in [6, 6.07) is 12.3. The maximum absolute atomic E-state index is 12.5. The van der Waals surface area contributed by atoms with Crippen LogP contribution in [0.2, 0.25) is 5.02 Å². The Kier molecular flexibility index (Phi) is 5.69. The molecule has 0 atom stereocenters. The van der Waals surface area contributed by atoms with Gasteiger partial charge in [0.15, 0.2) is 0 Å². The molecule has 0 bridgehead atoms. The van der Waals surface area contributed by atoms with Gasteiger partial charge in [-0.1, -0.05) is 29.3 Å². The van der Waals surface area contributed by atoms with E-state index in [0.29, 0.717) is 22.1 Å². The molecule has 0 aromatic heterocycles. The van der Waals surface area contributed by atoms with Crippen LogP contribution in [0.4, 0.5) is 11.4 Å². The van der Waals surface area contributed by atoms with Crippen LogP contribution in [0, 0.1) is 12.3 Å². The number of halogens is 1. The number of hydrogen-bond donors (Lipinski definition) is 2. The van der Waals surface area contributed by atoms with Crippen molar-refractivity contribution in [2.45, 2.75) is 20.8 Å². The number of amides is 2. The van der Waals surface area contributed by atoms with E-state index < -0.39 is 17.2 Å². The zero-order chi connectivity index (χ0) is 18.6. The van der Waals surface area contributed by atoms with Crippen LogP contribution in [-0.2, 0) is 9.59 Å². The highest BCUT2D eigenvalue weighted by Crippen LogP contribution is 2.28. The van der Waals surface area contributed by atoms with E-state index in [4.69, 9.17) is 16.3 Å². The van der Waals surface area contributed by atoms with Crippen LogP contribution in [0.15, 0.2) is 42.5 Å². The van der Waals surface area contributed by atoms with Gasteiger partial charge in [-0.3, -0.25) is 9.59 Å². The first-order chi connectivity index (χ1) is 11.7. The number of nitrogens with one attached hydrogen (secondary N) is 2. The summed E-state index contributed by atoms with van der Waals surface area (Å²) in [6.45, 7) is 5.09. The molecule has 2 N–H and O–H groups in total. The molecular formula is C19H21ClN2O3. The molecule has 5 nitrogen and oxygen atoms in total. The Morgan fingerprint density at radius 3 is 2.00 bits per heavy atom. The van der Waals surface area contributed by atoms with Crippen LogP contribution in [0.3, 0.4) is 0 Å². The monoisotopic (exact) mass is 360 g/mol. The SMILES string of the molecule is COc1ccc(NC(=O)C(C)(C)C(=O)Nc2ccc(C)cc2)cc1Cl. The van der Waals surface area contributed by atoms with E-state index in [1.54, 1.807) is 44.2 Å². The molecule has 132 valence electrons. The maximum atomic E-state index is 12.5. The van der Waals surface area contributed by atoms with Crippen LogP contribution >= 0.6 is 11.6 Å². The molecule has 0 aliphatic carbocycles. The second-order valence-electron chi connectivity index (χ2n) is 6.25. The highest BCUT2D eigenvalue weighted by Gasteiger charge is 2.36. The topological polar surface area (TPSA) is 67.4 Å². The van der Waals surface area contributed by atoms with Crippen molar-refractivity contribution in [2.24, 2.45) is 5.41 Å². The quantitative estimate of drug-likeness (QED) is 0.783. The standard InChI is InChI=1S/C19H21ClN2O3/c1-12-5-7-13(8-6-12)21-17(23)19(2,3)18(24)22-14-9-10-16(25-4)15(20)11-14/h5-11H,1-4H3,(H,21,23)(H,22,24). The summed E-state index contributed by atoms with van der Waals surface area (Å²) < 4.78 is 5.08. The molecule has 0 unspecified atom stereocenters. The lowest BCUT2D eigenvalue weighted by Gasteiger charge is -2.23. The number of methoxy groups -OCH3 is 1. The first-order valence-electron chi connectivity index (χ1n) is 7.77. The van der Waals surface area contributed by atoms with Crippen LogP contribution in [0.5, 0.6) is 5.75 Å². The van der Waals surface area contributed by atoms with Crippen molar-refractivity contribution >= 4 is 34.8 Å². The Bertz CT molecular complexity index is 786. The van der Waals surface area contributed by atoms with Crippen LogP contribution < -0.4 is 15.4 Å². The predicted molar refractivity (Wildman–Crippen MR) is 100 cm³/mol.